The van der Waals surface area contributed by atoms with Gasteiger partial charge in [-0.15, -0.1) is 13.2 Å². The van der Waals surface area contributed by atoms with Crippen LogP contribution in [0.3, 0.4) is 0 Å². The van der Waals surface area contributed by atoms with Gasteiger partial charge in [-0.25, -0.2) is 4.79 Å². The van der Waals surface area contributed by atoms with Gasteiger partial charge < -0.3 is 10.1 Å². The zero-order chi connectivity index (χ0) is 21.2. The van der Waals surface area contributed by atoms with E-state index in [9.17, 15) is 18.0 Å². The van der Waals surface area contributed by atoms with Crippen LogP contribution in [0, 0.1) is 6.92 Å². The number of H-pyrrole nitrogens is 1. The first-order chi connectivity index (χ1) is 13.6. The van der Waals surface area contributed by atoms with Gasteiger partial charge in [-0.1, -0.05) is 12.1 Å². The number of benzene rings is 2. The molecular weight excluding hydrogens is 453 g/mol. The van der Waals surface area contributed by atoms with Crippen LogP contribution in [0.15, 0.2) is 53.0 Å². The molecule has 0 spiro atoms. The zero-order valence-electron chi connectivity index (χ0n) is 15.3. The lowest BCUT2D eigenvalue weighted by molar-refractivity contribution is -0.274. The smallest absolute Gasteiger partial charge is 0.406 e. The zero-order valence-corrected chi connectivity index (χ0v) is 16.9. The van der Waals surface area contributed by atoms with E-state index < -0.39 is 12.4 Å². The molecule has 0 bridgehead atoms. The minimum absolute atomic E-state index is 0.359. The highest BCUT2D eigenvalue weighted by atomic mass is 79.9. The Balaban J connectivity index is 1.71. The Morgan fingerprint density at radius 2 is 1.90 bits per heavy atom. The normalized spacial score (nSPS) is 11.2. The number of amides is 2. The maximum Gasteiger partial charge on any atom is 0.573 e. The lowest BCUT2D eigenvalue weighted by atomic mass is 10.1. The van der Waals surface area contributed by atoms with Gasteiger partial charge in [0, 0.05) is 29.7 Å². The van der Waals surface area contributed by atoms with E-state index in [1.165, 1.54) is 24.1 Å². The fourth-order valence-electron chi connectivity index (χ4n) is 2.55. The summed E-state index contributed by atoms with van der Waals surface area (Å²) >= 11 is 3.47. The summed E-state index contributed by atoms with van der Waals surface area (Å²) in [6.45, 7) is 1.88. The molecule has 2 N–H and O–H groups in total. The van der Waals surface area contributed by atoms with Crippen molar-refractivity contribution >= 4 is 33.3 Å². The number of carbonyl (C=O) groups is 1. The molecule has 152 valence electrons. The third kappa shape index (κ3) is 5.08. The summed E-state index contributed by atoms with van der Waals surface area (Å²) in [5.74, 6) is -0.359. The Morgan fingerprint density at radius 3 is 2.48 bits per heavy atom. The number of nitrogens with one attached hydrogen (secondary N) is 2. The molecule has 0 saturated heterocycles. The van der Waals surface area contributed by atoms with Crippen LogP contribution in [0.1, 0.15) is 5.69 Å². The van der Waals surface area contributed by atoms with Crippen molar-refractivity contribution in [2.45, 2.75) is 13.3 Å². The summed E-state index contributed by atoms with van der Waals surface area (Å²) < 4.78 is 41.4. The van der Waals surface area contributed by atoms with Crippen molar-refractivity contribution < 1.29 is 22.7 Å². The first-order valence-electron chi connectivity index (χ1n) is 8.35. The number of hydrogen-bond acceptors (Lipinski definition) is 3. The maximum absolute atomic E-state index is 12.5. The molecule has 0 atom stereocenters. The molecule has 2 aromatic carbocycles. The number of rotatable bonds is 4. The minimum atomic E-state index is -4.77. The van der Waals surface area contributed by atoms with Crippen LogP contribution in [0.25, 0.3) is 11.3 Å². The summed E-state index contributed by atoms with van der Waals surface area (Å²) in [5, 5.41) is 9.87. The van der Waals surface area contributed by atoms with Gasteiger partial charge in [-0.2, -0.15) is 5.10 Å². The largest absolute Gasteiger partial charge is 0.573 e. The molecule has 0 saturated carbocycles. The van der Waals surface area contributed by atoms with E-state index in [0.717, 1.165) is 27.9 Å². The highest BCUT2D eigenvalue weighted by Gasteiger charge is 2.31. The Morgan fingerprint density at radius 1 is 1.21 bits per heavy atom. The lowest BCUT2D eigenvalue weighted by Gasteiger charge is -2.19. The molecule has 10 heteroatoms. The van der Waals surface area contributed by atoms with Gasteiger partial charge in [0.25, 0.3) is 0 Å². The second-order valence-corrected chi connectivity index (χ2v) is 6.92. The fraction of sp³-hybridized carbons (Fsp3) is 0.158. The number of ether oxygens (including phenoxy) is 1. The number of aryl methyl sites for hydroxylation is 1. The van der Waals surface area contributed by atoms with E-state index in [-0.39, 0.29) is 5.75 Å². The van der Waals surface area contributed by atoms with Crippen LogP contribution in [0.5, 0.6) is 5.75 Å². The lowest BCUT2D eigenvalue weighted by Crippen LogP contribution is -2.31. The third-order valence-corrected chi connectivity index (χ3v) is 4.99. The second kappa shape index (κ2) is 8.16. The molecule has 0 unspecified atom stereocenters. The van der Waals surface area contributed by atoms with Crippen molar-refractivity contribution in [2.24, 2.45) is 0 Å². The Labute approximate surface area is 172 Å². The standard InChI is InChI=1S/C19H16BrF3N4O2/c1-11-16(20)17(26-25-11)12-4-3-5-13(10-12)24-18(28)27(2)14-6-8-15(9-7-14)29-19(21,22)23/h3-10H,1-2H3,(H,24,28)(H,25,26). The summed E-state index contributed by atoms with van der Waals surface area (Å²) in [6, 6.07) is 11.7. The predicted octanol–water partition coefficient (Wildman–Crippen LogP) is 5.71. The van der Waals surface area contributed by atoms with Gasteiger partial charge in [0.1, 0.15) is 11.4 Å². The first kappa shape index (κ1) is 20.7. The molecule has 29 heavy (non-hydrogen) atoms. The average molecular weight is 469 g/mol. The fourth-order valence-corrected chi connectivity index (χ4v) is 2.95. The number of hydrogen-bond donors (Lipinski definition) is 2. The number of nitrogens with zero attached hydrogens (tertiary/aromatic N) is 2. The van der Waals surface area contributed by atoms with E-state index in [1.807, 2.05) is 13.0 Å². The maximum atomic E-state index is 12.5. The van der Waals surface area contributed by atoms with E-state index in [0.29, 0.717) is 17.1 Å². The van der Waals surface area contributed by atoms with E-state index in [4.69, 9.17) is 0 Å². The quantitative estimate of drug-likeness (QED) is 0.514. The third-order valence-electron chi connectivity index (χ3n) is 4.02. The summed E-state index contributed by atoms with van der Waals surface area (Å²) in [4.78, 5) is 13.8. The summed E-state index contributed by atoms with van der Waals surface area (Å²) in [6.07, 6.45) is -4.77. The average Bonchev–Trinajstić information content (AvgIpc) is 2.99. The van der Waals surface area contributed by atoms with Crippen LogP contribution in [0.4, 0.5) is 29.3 Å². The van der Waals surface area contributed by atoms with Crippen molar-refractivity contribution in [1.82, 2.24) is 10.2 Å². The van der Waals surface area contributed by atoms with Crippen LogP contribution < -0.4 is 15.0 Å². The van der Waals surface area contributed by atoms with Gasteiger partial charge in [0.15, 0.2) is 0 Å². The number of anilines is 2. The molecule has 2 amide bonds. The molecule has 1 aromatic heterocycles. The van der Waals surface area contributed by atoms with E-state index in [1.54, 1.807) is 18.2 Å². The van der Waals surface area contributed by atoms with Crippen molar-refractivity contribution in [3.8, 4) is 17.0 Å². The number of aromatic amines is 1. The minimum Gasteiger partial charge on any atom is -0.406 e. The predicted molar refractivity (Wildman–Crippen MR) is 107 cm³/mol. The number of urea groups is 1. The second-order valence-electron chi connectivity index (χ2n) is 6.12. The van der Waals surface area contributed by atoms with Crippen molar-refractivity contribution in [3.05, 3.63) is 58.7 Å². The molecular formula is C19H16BrF3N4O2. The number of aromatic nitrogens is 2. The molecule has 3 rings (SSSR count). The molecule has 0 fully saturated rings. The highest BCUT2D eigenvalue weighted by molar-refractivity contribution is 9.10. The van der Waals surface area contributed by atoms with Crippen LogP contribution in [0.2, 0.25) is 0 Å². The van der Waals surface area contributed by atoms with Gasteiger partial charge in [0.05, 0.1) is 4.47 Å². The van der Waals surface area contributed by atoms with Gasteiger partial charge in [-0.3, -0.25) is 10.00 Å². The van der Waals surface area contributed by atoms with Crippen molar-refractivity contribution in [1.29, 1.82) is 0 Å². The Bertz CT molecular complexity index is 1020. The molecule has 1 heterocycles. The molecule has 0 aliphatic carbocycles. The van der Waals surface area contributed by atoms with Crippen LogP contribution in [-0.2, 0) is 0 Å². The van der Waals surface area contributed by atoms with Crippen molar-refractivity contribution in [2.75, 3.05) is 17.3 Å². The highest BCUT2D eigenvalue weighted by Crippen LogP contribution is 2.30. The summed E-state index contributed by atoms with van der Waals surface area (Å²) in [7, 11) is 1.51. The van der Waals surface area contributed by atoms with E-state index in [2.05, 4.69) is 36.2 Å². The van der Waals surface area contributed by atoms with Crippen LogP contribution in [-0.4, -0.2) is 29.6 Å². The SMILES string of the molecule is Cc1[nH]nc(-c2cccc(NC(=O)N(C)c3ccc(OC(F)(F)F)cc3)c2)c1Br. The van der Waals surface area contributed by atoms with Crippen LogP contribution >= 0.6 is 15.9 Å². The summed E-state index contributed by atoms with van der Waals surface area (Å²) in [5.41, 5.74) is 3.34. The van der Waals surface area contributed by atoms with Crippen molar-refractivity contribution in [3.63, 3.8) is 0 Å². The van der Waals surface area contributed by atoms with Gasteiger partial charge in [0.2, 0.25) is 0 Å². The molecule has 0 aliphatic rings. The Hall–Kier alpha value is -3.01. The molecule has 0 aliphatic heterocycles. The van der Waals surface area contributed by atoms with E-state index >= 15 is 0 Å². The number of alkyl halides is 3. The Kier molecular flexibility index (Phi) is 5.83. The molecule has 6 nitrogen and oxygen atoms in total. The molecule has 3 aromatic rings. The van der Waals surface area contributed by atoms with Gasteiger partial charge in [-0.05, 0) is 59.3 Å². The number of carbonyl (C=O) groups excluding carboxylic acids is 1. The van der Waals surface area contributed by atoms with Gasteiger partial charge >= 0.3 is 12.4 Å². The number of halogens is 4. The monoisotopic (exact) mass is 468 g/mol. The molecule has 0 radical (unpaired) electrons. The topological polar surface area (TPSA) is 70.2 Å². The first-order valence-corrected chi connectivity index (χ1v) is 9.15.